The van der Waals surface area contributed by atoms with Crippen LogP contribution in [0.2, 0.25) is 0 Å². The molecule has 0 radical (unpaired) electrons. The highest BCUT2D eigenvalue weighted by Crippen LogP contribution is 2.29. The van der Waals surface area contributed by atoms with E-state index in [1.165, 1.54) is 46.3 Å². The number of allylic oxidation sites excluding steroid dienone is 1. The van der Waals surface area contributed by atoms with Crippen LogP contribution in [0, 0.1) is 0 Å². The van der Waals surface area contributed by atoms with E-state index < -0.39 is 11.9 Å². The van der Waals surface area contributed by atoms with Gasteiger partial charge in [0.1, 0.15) is 11.5 Å². The summed E-state index contributed by atoms with van der Waals surface area (Å²) in [4.78, 5) is 35.1. The minimum atomic E-state index is -0.549. The lowest BCUT2D eigenvalue weighted by atomic mass is 10.1. The van der Waals surface area contributed by atoms with Gasteiger partial charge in [0.05, 0.1) is 19.8 Å². The number of ketones is 1. The van der Waals surface area contributed by atoms with E-state index >= 15 is 0 Å². The Bertz CT molecular complexity index is 928. The molecule has 0 aromatic heterocycles. The fourth-order valence-corrected chi connectivity index (χ4v) is 2.37. The summed E-state index contributed by atoms with van der Waals surface area (Å²) in [5, 5.41) is 0. The molecule has 0 heterocycles. The van der Waals surface area contributed by atoms with Gasteiger partial charge in [0, 0.05) is 19.9 Å². The molecular formula is C21H20O7. The first kappa shape index (κ1) is 20.7. The molecule has 0 aliphatic heterocycles. The molecule has 0 saturated carbocycles. The second-order valence-electron chi connectivity index (χ2n) is 5.66. The molecule has 2 aromatic carbocycles. The zero-order valence-corrected chi connectivity index (χ0v) is 16.0. The number of carbonyl (C=O) groups excluding carboxylic acids is 3. The first-order chi connectivity index (χ1) is 13.3. The predicted molar refractivity (Wildman–Crippen MR) is 102 cm³/mol. The van der Waals surface area contributed by atoms with Gasteiger partial charge in [0.15, 0.2) is 17.3 Å². The Morgan fingerprint density at radius 2 is 1.46 bits per heavy atom. The SMILES string of the molecule is COc1ccc(C(=O)/C=C/c2ccc(OC)c(OC(C)=O)c2)c(OC(C)=O)c1. The maximum atomic E-state index is 12.6. The van der Waals surface area contributed by atoms with Gasteiger partial charge in [-0.1, -0.05) is 12.1 Å². The van der Waals surface area contributed by atoms with E-state index in [1.807, 2.05) is 0 Å². The Kier molecular flexibility index (Phi) is 6.92. The summed E-state index contributed by atoms with van der Waals surface area (Å²) in [6.07, 6.45) is 2.88. The molecule has 0 N–H and O–H groups in total. The zero-order chi connectivity index (χ0) is 20.7. The summed E-state index contributed by atoms with van der Waals surface area (Å²) in [7, 11) is 2.93. The lowest BCUT2D eigenvalue weighted by Crippen LogP contribution is -2.07. The third kappa shape index (κ3) is 5.44. The topological polar surface area (TPSA) is 88.1 Å². The smallest absolute Gasteiger partial charge is 0.308 e. The van der Waals surface area contributed by atoms with Gasteiger partial charge in [0.25, 0.3) is 0 Å². The van der Waals surface area contributed by atoms with Gasteiger partial charge in [-0.25, -0.2) is 0 Å². The molecule has 7 heteroatoms. The van der Waals surface area contributed by atoms with Crippen LogP contribution in [0.1, 0.15) is 29.8 Å². The fourth-order valence-electron chi connectivity index (χ4n) is 2.37. The molecule has 146 valence electrons. The molecule has 2 rings (SSSR count). The van der Waals surface area contributed by atoms with Crippen LogP contribution in [0.3, 0.4) is 0 Å². The van der Waals surface area contributed by atoms with Crippen LogP contribution in [-0.4, -0.2) is 31.9 Å². The van der Waals surface area contributed by atoms with Crippen LogP contribution in [-0.2, 0) is 9.59 Å². The highest BCUT2D eigenvalue weighted by atomic mass is 16.6. The van der Waals surface area contributed by atoms with E-state index in [9.17, 15) is 14.4 Å². The monoisotopic (exact) mass is 384 g/mol. The Labute approximate surface area is 162 Å². The van der Waals surface area contributed by atoms with Crippen LogP contribution < -0.4 is 18.9 Å². The van der Waals surface area contributed by atoms with Gasteiger partial charge in [-0.15, -0.1) is 0 Å². The van der Waals surface area contributed by atoms with E-state index in [1.54, 1.807) is 30.3 Å². The lowest BCUT2D eigenvalue weighted by Gasteiger charge is -2.09. The Hall–Kier alpha value is -3.61. The van der Waals surface area contributed by atoms with Crippen molar-refractivity contribution in [1.82, 2.24) is 0 Å². The van der Waals surface area contributed by atoms with E-state index in [2.05, 4.69) is 0 Å². The molecule has 0 fully saturated rings. The van der Waals surface area contributed by atoms with Crippen molar-refractivity contribution in [2.24, 2.45) is 0 Å². The number of ether oxygens (including phenoxy) is 4. The van der Waals surface area contributed by atoms with Crippen molar-refractivity contribution in [3.63, 3.8) is 0 Å². The summed E-state index contributed by atoms with van der Waals surface area (Å²) < 4.78 is 20.4. The number of methoxy groups -OCH3 is 2. The molecule has 0 spiro atoms. The first-order valence-electron chi connectivity index (χ1n) is 8.29. The van der Waals surface area contributed by atoms with E-state index in [-0.39, 0.29) is 22.8 Å². The number of benzene rings is 2. The zero-order valence-electron chi connectivity index (χ0n) is 16.0. The third-order valence-corrected chi connectivity index (χ3v) is 3.58. The molecule has 0 unspecified atom stereocenters. The van der Waals surface area contributed by atoms with Crippen molar-refractivity contribution in [2.45, 2.75) is 13.8 Å². The normalized spacial score (nSPS) is 10.4. The second kappa shape index (κ2) is 9.36. The van der Waals surface area contributed by atoms with Crippen LogP contribution in [0.25, 0.3) is 6.08 Å². The van der Waals surface area contributed by atoms with Crippen LogP contribution in [0.5, 0.6) is 23.0 Å². The van der Waals surface area contributed by atoms with Gasteiger partial charge in [0.2, 0.25) is 0 Å². The molecule has 0 saturated heterocycles. The van der Waals surface area contributed by atoms with Crippen LogP contribution in [0.4, 0.5) is 0 Å². The summed E-state index contributed by atoms with van der Waals surface area (Å²) >= 11 is 0. The molecule has 2 aromatic rings. The Morgan fingerprint density at radius 3 is 2.07 bits per heavy atom. The molecule has 0 aliphatic rings. The maximum Gasteiger partial charge on any atom is 0.308 e. The average Bonchev–Trinajstić information content (AvgIpc) is 2.65. The standard InChI is InChI=1S/C21H20O7/c1-13(22)27-20-12-16(25-3)7-8-17(20)18(24)9-5-15-6-10-19(26-4)21(11-15)28-14(2)23/h5-12H,1-4H3/b9-5+. The van der Waals surface area contributed by atoms with Gasteiger partial charge in [-0.3, -0.25) is 14.4 Å². The molecule has 7 nitrogen and oxygen atoms in total. The molecule has 0 amide bonds. The number of rotatable bonds is 7. The fraction of sp³-hybridized carbons (Fsp3) is 0.190. The van der Waals surface area contributed by atoms with E-state index in [4.69, 9.17) is 18.9 Å². The third-order valence-electron chi connectivity index (χ3n) is 3.58. The van der Waals surface area contributed by atoms with Gasteiger partial charge in [-0.05, 0) is 35.9 Å². The molecule has 0 aliphatic carbocycles. The molecular weight excluding hydrogens is 364 g/mol. The maximum absolute atomic E-state index is 12.6. The summed E-state index contributed by atoms with van der Waals surface area (Å²) in [6, 6.07) is 9.48. The average molecular weight is 384 g/mol. The Morgan fingerprint density at radius 1 is 0.786 bits per heavy atom. The molecule has 28 heavy (non-hydrogen) atoms. The number of carbonyl (C=O) groups is 3. The summed E-state index contributed by atoms with van der Waals surface area (Å²) in [5.41, 5.74) is 0.828. The van der Waals surface area contributed by atoms with Crippen molar-refractivity contribution in [2.75, 3.05) is 14.2 Å². The number of esters is 2. The van der Waals surface area contributed by atoms with Crippen molar-refractivity contribution in [3.8, 4) is 23.0 Å². The van der Waals surface area contributed by atoms with Gasteiger partial charge >= 0.3 is 11.9 Å². The largest absolute Gasteiger partial charge is 0.497 e. The Balaban J connectivity index is 2.30. The highest BCUT2D eigenvalue weighted by Gasteiger charge is 2.14. The van der Waals surface area contributed by atoms with Crippen molar-refractivity contribution in [1.29, 1.82) is 0 Å². The summed E-state index contributed by atoms with van der Waals surface area (Å²) in [5.74, 6) is -0.202. The van der Waals surface area contributed by atoms with Crippen molar-refractivity contribution < 1.29 is 33.3 Å². The minimum absolute atomic E-state index is 0.108. The molecule has 0 atom stereocenters. The number of hydrogen-bond donors (Lipinski definition) is 0. The summed E-state index contributed by atoms with van der Waals surface area (Å²) in [6.45, 7) is 2.53. The first-order valence-corrected chi connectivity index (χ1v) is 8.29. The van der Waals surface area contributed by atoms with Gasteiger partial charge in [-0.2, -0.15) is 0 Å². The molecule has 0 bridgehead atoms. The predicted octanol–water partition coefficient (Wildman–Crippen LogP) is 3.45. The quantitative estimate of drug-likeness (QED) is 0.313. The highest BCUT2D eigenvalue weighted by molar-refractivity contribution is 6.09. The van der Waals surface area contributed by atoms with E-state index in [0.717, 1.165) is 0 Å². The second-order valence-corrected chi connectivity index (χ2v) is 5.66. The van der Waals surface area contributed by atoms with Crippen molar-refractivity contribution >= 4 is 23.8 Å². The van der Waals surface area contributed by atoms with Crippen molar-refractivity contribution in [3.05, 3.63) is 53.6 Å². The minimum Gasteiger partial charge on any atom is -0.497 e. The van der Waals surface area contributed by atoms with Crippen LogP contribution >= 0.6 is 0 Å². The van der Waals surface area contributed by atoms with Gasteiger partial charge < -0.3 is 18.9 Å². The van der Waals surface area contributed by atoms with Crippen LogP contribution in [0.15, 0.2) is 42.5 Å². The number of hydrogen-bond acceptors (Lipinski definition) is 7. The lowest BCUT2D eigenvalue weighted by molar-refractivity contribution is -0.132. The van der Waals surface area contributed by atoms with E-state index in [0.29, 0.717) is 17.1 Å².